The fraction of sp³-hybridized carbons (Fsp3) is 0.667. The maximum atomic E-state index is 12.1. The van der Waals surface area contributed by atoms with Crippen LogP contribution in [-0.2, 0) is 17.6 Å². The third kappa shape index (κ3) is 2.84. The molecule has 94 valence electrons. The molecule has 17 heavy (non-hydrogen) atoms. The Bertz CT molecular complexity index is 391. The van der Waals surface area contributed by atoms with Crippen molar-refractivity contribution in [1.82, 2.24) is 9.88 Å². The Morgan fingerprint density at radius 3 is 3.18 bits per heavy atom. The van der Waals surface area contributed by atoms with Crippen LogP contribution in [0.2, 0.25) is 0 Å². The van der Waals surface area contributed by atoms with Gasteiger partial charge in [0.15, 0.2) is 0 Å². The van der Waals surface area contributed by atoms with Gasteiger partial charge in [-0.15, -0.1) is 11.3 Å². The minimum absolute atomic E-state index is 0.176. The average Bonchev–Trinajstić information content (AvgIpc) is 2.96. The van der Waals surface area contributed by atoms with Crippen LogP contribution < -0.4 is 5.73 Å². The van der Waals surface area contributed by atoms with Crippen LogP contribution in [0.3, 0.4) is 0 Å². The molecule has 1 amide bonds. The van der Waals surface area contributed by atoms with Gasteiger partial charge < -0.3 is 10.6 Å². The number of carbonyl (C=O) groups is 1. The zero-order valence-electron chi connectivity index (χ0n) is 10.2. The number of nitrogens with two attached hydrogens (primary N) is 1. The molecule has 1 saturated heterocycles. The lowest BCUT2D eigenvalue weighted by atomic mass is 10.2. The first-order valence-electron chi connectivity index (χ1n) is 6.17. The van der Waals surface area contributed by atoms with Crippen LogP contribution in [-0.4, -0.2) is 34.9 Å². The molecule has 1 aliphatic heterocycles. The Hall–Kier alpha value is -0.940. The Kier molecular flexibility index (Phi) is 4.12. The standard InChI is InChI=1S/C12H19N3OS/c1-2-9-8-17-11(14-9)6-12(16)15-5-3-4-10(15)7-13/h8,10H,2-7,13H2,1H3. The molecule has 4 nitrogen and oxygen atoms in total. The molecule has 1 fully saturated rings. The molecule has 2 heterocycles. The molecule has 0 radical (unpaired) electrons. The van der Waals surface area contributed by atoms with E-state index < -0.39 is 0 Å². The summed E-state index contributed by atoms with van der Waals surface area (Å²) in [6.07, 6.45) is 3.48. The highest BCUT2D eigenvalue weighted by molar-refractivity contribution is 7.09. The van der Waals surface area contributed by atoms with E-state index in [9.17, 15) is 4.79 Å². The van der Waals surface area contributed by atoms with Crippen molar-refractivity contribution in [2.24, 2.45) is 5.73 Å². The van der Waals surface area contributed by atoms with Gasteiger partial charge in [0.25, 0.3) is 0 Å². The number of carbonyl (C=O) groups excluding carboxylic acids is 1. The Morgan fingerprint density at radius 2 is 2.53 bits per heavy atom. The average molecular weight is 253 g/mol. The van der Waals surface area contributed by atoms with Gasteiger partial charge in [-0.05, 0) is 19.3 Å². The molecule has 0 spiro atoms. The normalized spacial score (nSPS) is 19.9. The van der Waals surface area contributed by atoms with Gasteiger partial charge in [-0.1, -0.05) is 6.92 Å². The summed E-state index contributed by atoms with van der Waals surface area (Å²) in [6, 6.07) is 0.244. The van der Waals surface area contributed by atoms with Crippen molar-refractivity contribution in [2.45, 2.75) is 38.6 Å². The van der Waals surface area contributed by atoms with Crippen molar-refractivity contribution in [2.75, 3.05) is 13.1 Å². The Balaban J connectivity index is 1.96. The quantitative estimate of drug-likeness (QED) is 0.877. The van der Waals surface area contributed by atoms with Gasteiger partial charge in [0.1, 0.15) is 5.01 Å². The highest BCUT2D eigenvalue weighted by Gasteiger charge is 2.27. The maximum absolute atomic E-state index is 12.1. The van der Waals surface area contributed by atoms with Gasteiger partial charge in [-0.25, -0.2) is 4.98 Å². The highest BCUT2D eigenvalue weighted by atomic mass is 32.1. The molecule has 1 atom stereocenters. The second kappa shape index (κ2) is 5.60. The summed E-state index contributed by atoms with van der Waals surface area (Å²) in [5.74, 6) is 0.176. The zero-order chi connectivity index (χ0) is 12.3. The summed E-state index contributed by atoms with van der Waals surface area (Å²) in [5, 5.41) is 2.96. The first kappa shape index (κ1) is 12.5. The van der Waals surface area contributed by atoms with Crippen LogP contribution in [0.5, 0.6) is 0 Å². The first-order valence-corrected chi connectivity index (χ1v) is 7.05. The van der Waals surface area contributed by atoms with Crippen LogP contribution >= 0.6 is 11.3 Å². The molecule has 0 aromatic carbocycles. The lowest BCUT2D eigenvalue weighted by Crippen LogP contribution is -2.40. The Labute approximate surface area is 106 Å². The second-order valence-corrected chi connectivity index (χ2v) is 5.32. The van der Waals surface area contributed by atoms with E-state index in [0.717, 1.165) is 36.5 Å². The number of hydrogen-bond acceptors (Lipinski definition) is 4. The predicted molar refractivity (Wildman–Crippen MR) is 69.0 cm³/mol. The summed E-state index contributed by atoms with van der Waals surface area (Å²) < 4.78 is 0. The molecule has 1 aromatic heterocycles. The molecule has 2 rings (SSSR count). The van der Waals surface area contributed by atoms with Crippen LogP contribution in [0.15, 0.2) is 5.38 Å². The molecule has 0 saturated carbocycles. The van der Waals surface area contributed by atoms with E-state index in [1.54, 1.807) is 11.3 Å². The van der Waals surface area contributed by atoms with E-state index >= 15 is 0 Å². The van der Waals surface area contributed by atoms with Crippen LogP contribution in [0.25, 0.3) is 0 Å². The summed E-state index contributed by atoms with van der Waals surface area (Å²) in [5.41, 5.74) is 6.75. The Morgan fingerprint density at radius 1 is 1.71 bits per heavy atom. The minimum atomic E-state index is 0.176. The van der Waals surface area contributed by atoms with Crippen LogP contribution in [0.1, 0.15) is 30.5 Å². The highest BCUT2D eigenvalue weighted by Crippen LogP contribution is 2.19. The molecule has 0 bridgehead atoms. The van der Waals surface area contributed by atoms with E-state index in [1.807, 2.05) is 10.3 Å². The predicted octanol–water partition coefficient (Wildman–Crippen LogP) is 1.20. The number of likely N-dealkylation sites (tertiary alicyclic amines) is 1. The summed E-state index contributed by atoms with van der Waals surface area (Å²) >= 11 is 1.58. The van der Waals surface area contributed by atoms with Crippen molar-refractivity contribution < 1.29 is 4.79 Å². The van der Waals surface area contributed by atoms with Gasteiger partial charge in [-0.3, -0.25) is 4.79 Å². The lowest BCUT2D eigenvalue weighted by molar-refractivity contribution is -0.131. The molecular weight excluding hydrogens is 234 g/mol. The molecule has 2 N–H and O–H groups in total. The maximum Gasteiger partial charge on any atom is 0.229 e. The van der Waals surface area contributed by atoms with Crippen molar-refractivity contribution in [1.29, 1.82) is 0 Å². The van der Waals surface area contributed by atoms with Gasteiger partial charge in [-0.2, -0.15) is 0 Å². The topological polar surface area (TPSA) is 59.2 Å². The molecule has 1 aromatic rings. The number of aromatic nitrogens is 1. The van der Waals surface area contributed by atoms with E-state index in [4.69, 9.17) is 5.73 Å². The number of rotatable bonds is 4. The van der Waals surface area contributed by atoms with Crippen molar-refractivity contribution in [3.63, 3.8) is 0 Å². The SMILES string of the molecule is CCc1csc(CC(=O)N2CCCC2CN)n1. The molecule has 5 heteroatoms. The van der Waals surface area contributed by atoms with Gasteiger partial charge >= 0.3 is 0 Å². The lowest BCUT2D eigenvalue weighted by Gasteiger charge is -2.22. The van der Waals surface area contributed by atoms with Gasteiger partial charge in [0.05, 0.1) is 12.1 Å². The van der Waals surface area contributed by atoms with Crippen molar-refractivity contribution in [3.8, 4) is 0 Å². The smallest absolute Gasteiger partial charge is 0.229 e. The third-order valence-corrected chi connectivity index (χ3v) is 4.13. The third-order valence-electron chi connectivity index (χ3n) is 3.23. The minimum Gasteiger partial charge on any atom is -0.338 e. The summed E-state index contributed by atoms with van der Waals surface area (Å²) in [4.78, 5) is 18.5. The fourth-order valence-electron chi connectivity index (χ4n) is 2.23. The number of aryl methyl sites for hydroxylation is 1. The number of thiazole rings is 1. The van der Waals surface area contributed by atoms with E-state index in [1.165, 1.54) is 0 Å². The summed E-state index contributed by atoms with van der Waals surface area (Å²) in [6.45, 7) is 3.50. The van der Waals surface area contributed by atoms with E-state index in [0.29, 0.717) is 13.0 Å². The molecule has 1 aliphatic rings. The molecule has 0 aliphatic carbocycles. The van der Waals surface area contributed by atoms with Crippen LogP contribution in [0, 0.1) is 0 Å². The second-order valence-electron chi connectivity index (χ2n) is 4.38. The number of nitrogens with zero attached hydrogens (tertiary/aromatic N) is 2. The monoisotopic (exact) mass is 253 g/mol. The van der Waals surface area contributed by atoms with Gasteiger partial charge in [0.2, 0.25) is 5.91 Å². The van der Waals surface area contributed by atoms with Crippen molar-refractivity contribution >= 4 is 17.2 Å². The fourth-order valence-corrected chi connectivity index (χ4v) is 3.10. The molecule has 1 unspecified atom stereocenters. The van der Waals surface area contributed by atoms with Gasteiger partial charge in [0, 0.05) is 24.5 Å². The summed E-state index contributed by atoms with van der Waals surface area (Å²) in [7, 11) is 0. The molecular formula is C12H19N3OS. The number of hydrogen-bond donors (Lipinski definition) is 1. The first-order chi connectivity index (χ1) is 8.24. The van der Waals surface area contributed by atoms with Crippen LogP contribution in [0.4, 0.5) is 0 Å². The zero-order valence-corrected chi connectivity index (χ0v) is 11.0. The van der Waals surface area contributed by atoms with E-state index in [2.05, 4.69) is 11.9 Å². The van der Waals surface area contributed by atoms with Crippen molar-refractivity contribution in [3.05, 3.63) is 16.1 Å². The van der Waals surface area contributed by atoms with E-state index in [-0.39, 0.29) is 11.9 Å². The largest absolute Gasteiger partial charge is 0.338 e. The number of amides is 1.